The number of hydrogen-bond acceptors (Lipinski definition) is 3. The molecule has 2 saturated carbocycles. The zero-order valence-electron chi connectivity index (χ0n) is 14.2. The molecule has 0 aromatic carbocycles. The van der Waals surface area contributed by atoms with Gasteiger partial charge in [-0.25, -0.2) is 9.59 Å². The number of amides is 1. The minimum Gasteiger partial charge on any atom is -0.480 e. The predicted molar refractivity (Wildman–Crippen MR) is 81.5 cm³/mol. The largest absolute Gasteiger partial charge is 0.480 e. The Labute approximate surface area is 132 Å². The summed E-state index contributed by atoms with van der Waals surface area (Å²) in [4.78, 5) is 25.6. The molecule has 3 aliphatic rings. The van der Waals surface area contributed by atoms with Crippen LogP contribution in [0.3, 0.4) is 0 Å². The second kappa shape index (κ2) is 4.18. The Balaban J connectivity index is 1.86. The molecule has 1 unspecified atom stereocenters. The number of rotatable bonds is 1. The lowest BCUT2D eigenvalue weighted by molar-refractivity contribution is -0.142. The van der Waals surface area contributed by atoms with E-state index in [4.69, 9.17) is 4.74 Å². The molecule has 1 N–H and O–H groups in total. The van der Waals surface area contributed by atoms with E-state index >= 15 is 0 Å². The van der Waals surface area contributed by atoms with E-state index in [0.29, 0.717) is 13.0 Å². The van der Waals surface area contributed by atoms with Crippen LogP contribution in [0.2, 0.25) is 0 Å². The van der Waals surface area contributed by atoms with Gasteiger partial charge in [0, 0.05) is 12.0 Å². The molecule has 0 aromatic rings. The number of carboxylic acid groups (broad SMARTS) is 1. The first kappa shape index (κ1) is 15.6. The molecule has 0 bridgehead atoms. The Morgan fingerprint density at radius 2 is 1.77 bits per heavy atom. The van der Waals surface area contributed by atoms with Crippen LogP contribution in [-0.2, 0) is 9.53 Å². The highest BCUT2D eigenvalue weighted by atomic mass is 16.6. The molecule has 3 rings (SSSR count). The van der Waals surface area contributed by atoms with Gasteiger partial charge in [-0.15, -0.1) is 0 Å². The van der Waals surface area contributed by atoms with Crippen LogP contribution >= 0.6 is 0 Å². The number of ether oxygens (including phenoxy) is 1. The fraction of sp³-hybridized carbons (Fsp3) is 0.882. The Morgan fingerprint density at radius 3 is 2.14 bits per heavy atom. The van der Waals surface area contributed by atoms with Crippen molar-refractivity contribution in [1.29, 1.82) is 0 Å². The van der Waals surface area contributed by atoms with Crippen LogP contribution in [0.15, 0.2) is 0 Å². The highest BCUT2D eigenvalue weighted by Gasteiger charge is 2.85. The van der Waals surface area contributed by atoms with Gasteiger partial charge in [-0.1, -0.05) is 20.3 Å². The molecule has 1 aliphatic heterocycles. The van der Waals surface area contributed by atoms with Gasteiger partial charge in [0.05, 0.1) is 0 Å². The Hall–Kier alpha value is -1.26. The molecule has 124 valence electrons. The Kier molecular flexibility index (Phi) is 2.97. The van der Waals surface area contributed by atoms with Crippen LogP contribution in [0.4, 0.5) is 4.79 Å². The maximum atomic E-state index is 12.5. The minimum absolute atomic E-state index is 0.0434. The van der Waals surface area contributed by atoms with Gasteiger partial charge in [0.2, 0.25) is 0 Å². The third kappa shape index (κ3) is 1.71. The Morgan fingerprint density at radius 1 is 1.18 bits per heavy atom. The smallest absolute Gasteiger partial charge is 0.411 e. The fourth-order valence-electron chi connectivity index (χ4n) is 5.33. The molecule has 2 aliphatic carbocycles. The summed E-state index contributed by atoms with van der Waals surface area (Å²) < 4.78 is 5.43. The number of hydrogen-bond donors (Lipinski definition) is 1. The molecule has 0 aromatic heterocycles. The van der Waals surface area contributed by atoms with Crippen LogP contribution in [0.1, 0.15) is 60.3 Å². The van der Waals surface area contributed by atoms with E-state index in [2.05, 4.69) is 13.8 Å². The van der Waals surface area contributed by atoms with Crippen LogP contribution in [-0.4, -0.2) is 40.3 Å². The maximum absolute atomic E-state index is 12.5. The van der Waals surface area contributed by atoms with Crippen molar-refractivity contribution < 1.29 is 19.4 Å². The maximum Gasteiger partial charge on any atom is 0.411 e. The molecule has 2 spiro atoms. The van der Waals surface area contributed by atoms with Crippen LogP contribution in [0, 0.1) is 16.2 Å². The molecule has 3 fully saturated rings. The van der Waals surface area contributed by atoms with Crippen molar-refractivity contribution in [3.8, 4) is 0 Å². The van der Waals surface area contributed by atoms with E-state index in [1.807, 2.05) is 0 Å². The highest BCUT2D eigenvalue weighted by Crippen LogP contribution is 2.88. The predicted octanol–water partition coefficient (Wildman–Crippen LogP) is 3.28. The van der Waals surface area contributed by atoms with Gasteiger partial charge in [-0.2, -0.15) is 0 Å². The number of carbonyl (C=O) groups is 2. The van der Waals surface area contributed by atoms with Crippen molar-refractivity contribution in [1.82, 2.24) is 4.90 Å². The molecule has 22 heavy (non-hydrogen) atoms. The molecule has 0 radical (unpaired) electrons. The van der Waals surface area contributed by atoms with Crippen LogP contribution < -0.4 is 0 Å². The summed E-state index contributed by atoms with van der Waals surface area (Å²) >= 11 is 0. The van der Waals surface area contributed by atoms with E-state index < -0.39 is 23.7 Å². The second-order valence-corrected chi connectivity index (χ2v) is 8.81. The number of nitrogens with zero attached hydrogens (tertiary/aromatic N) is 1. The van der Waals surface area contributed by atoms with E-state index in [0.717, 1.165) is 12.8 Å². The summed E-state index contributed by atoms with van der Waals surface area (Å²) in [5.41, 5.74) is -0.297. The minimum atomic E-state index is -0.917. The van der Waals surface area contributed by atoms with E-state index in [1.165, 1.54) is 11.3 Å². The van der Waals surface area contributed by atoms with Crippen LogP contribution in [0.5, 0.6) is 0 Å². The lowest BCUT2D eigenvalue weighted by Crippen LogP contribution is -2.43. The molecule has 1 amide bonds. The first-order chi connectivity index (χ1) is 9.97. The number of carbonyl (C=O) groups excluding carboxylic acids is 1. The highest BCUT2D eigenvalue weighted by molar-refractivity contribution is 5.81. The van der Waals surface area contributed by atoms with Crippen molar-refractivity contribution in [2.45, 2.75) is 71.9 Å². The average molecular weight is 309 g/mol. The van der Waals surface area contributed by atoms with Crippen molar-refractivity contribution >= 4 is 12.1 Å². The average Bonchev–Trinajstić information content (AvgIpc) is 2.60. The molecule has 5 nitrogen and oxygen atoms in total. The molecule has 1 heterocycles. The normalized spacial score (nSPS) is 34.6. The van der Waals surface area contributed by atoms with E-state index in [-0.39, 0.29) is 16.2 Å². The van der Waals surface area contributed by atoms with Gasteiger partial charge >= 0.3 is 12.1 Å². The molecular weight excluding hydrogens is 282 g/mol. The molecule has 2 atom stereocenters. The summed E-state index contributed by atoms with van der Waals surface area (Å²) in [5.74, 6) is -0.917. The van der Waals surface area contributed by atoms with Gasteiger partial charge in [0.1, 0.15) is 11.6 Å². The molecular formula is C17H27NO4. The van der Waals surface area contributed by atoms with Crippen molar-refractivity contribution in [3.05, 3.63) is 0 Å². The van der Waals surface area contributed by atoms with Crippen LogP contribution in [0.25, 0.3) is 0 Å². The molecule has 1 saturated heterocycles. The van der Waals surface area contributed by atoms with Gasteiger partial charge in [0.25, 0.3) is 0 Å². The van der Waals surface area contributed by atoms with Crippen molar-refractivity contribution in [2.24, 2.45) is 16.2 Å². The lowest BCUT2D eigenvalue weighted by atomic mass is 9.73. The standard InChI is InChI=1S/C17H27NO4/c1-14(2,3)22-13(21)18-10-17(9-11(18)12(19)20)15(4,5)16(17)7-6-8-16/h11H,6-10H2,1-5H3,(H,19,20)/t11?,17-/m1/s1. The SMILES string of the molecule is CC(C)(C)OC(=O)N1C[C@]2(CC1C(=O)O)C(C)(C)C21CCC1. The number of carboxylic acids is 1. The van der Waals surface area contributed by atoms with Gasteiger partial charge in [0.15, 0.2) is 0 Å². The third-order valence-corrected chi connectivity index (χ3v) is 6.72. The second-order valence-electron chi connectivity index (χ2n) is 8.81. The summed E-state index contributed by atoms with van der Waals surface area (Å²) in [6.07, 6.45) is 3.61. The van der Waals surface area contributed by atoms with E-state index in [1.54, 1.807) is 20.8 Å². The lowest BCUT2D eigenvalue weighted by Gasteiger charge is -2.32. The van der Waals surface area contributed by atoms with Gasteiger partial charge in [-0.05, 0) is 50.9 Å². The van der Waals surface area contributed by atoms with Gasteiger partial charge < -0.3 is 9.84 Å². The third-order valence-electron chi connectivity index (χ3n) is 6.72. The first-order valence-corrected chi connectivity index (χ1v) is 8.20. The summed E-state index contributed by atoms with van der Waals surface area (Å²) in [5, 5.41) is 9.57. The topological polar surface area (TPSA) is 66.8 Å². The quantitative estimate of drug-likeness (QED) is 0.807. The van der Waals surface area contributed by atoms with Crippen molar-refractivity contribution in [2.75, 3.05) is 6.54 Å². The van der Waals surface area contributed by atoms with E-state index in [9.17, 15) is 14.7 Å². The first-order valence-electron chi connectivity index (χ1n) is 8.20. The number of fused-ring (bicyclic) bond motifs is 1. The van der Waals surface area contributed by atoms with Gasteiger partial charge in [-0.3, -0.25) is 4.90 Å². The zero-order chi connectivity index (χ0) is 16.6. The summed E-state index contributed by atoms with van der Waals surface area (Å²) in [7, 11) is 0. The summed E-state index contributed by atoms with van der Waals surface area (Å²) in [6, 6.07) is -0.755. The fourth-order valence-corrected chi connectivity index (χ4v) is 5.33. The zero-order valence-corrected chi connectivity index (χ0v) is 14.2. The number of likely N-dealkylation sites (tertiary alicyclic amines) is 1. The van der Waals surface area contributed by atoms with Crippen molar-refractivity contribution in [3.63, 3.8) is 0 Å². The Bertz CT molecular complexity index is 529. The monoisotopic (exact) mass is 309 g/mol. The number of aliphatic carboxylic acids is 1. The summed E-state index contributed by atoms with van der Waals surface area (Å²) in [6.45, 7) is 10.4. The molecule has 5 heteroatoms.